The molecule has 2 atom stereocenters. The Morgan fingerprint density at radius 1 is 1.22 bits per heavy atom. The molecule has 2 aromatic carbocycles. The molecule has 2 bridgehead atoms. The molecule has 8 nitrogen and oxygen atoms in total. The fourth-order valence-electron chi connectivity index (χ4n) is 5.75. The SMILES string of the molecule is Cn1cc(-c2c(C(F)(F)F)cc3c(N4CC5CCC(C4)N5)nc(=O)[nH]c3c2F)c2c(C#N)c(N)ccc21. The molecule has 4 aromatic rings. The minimum Gasteiger partial charge on any atom is -0.398 e. The van der Waals surface area contributed by atoms with Crippen LogP contribution >= 0.6 is 0 Å². The summed E-state index contributed by atoms with van der Waals surface area (Å²) in [6.07, 6.45) is -1.81. The first-order valence-electron chi connectivity index (χ1n) is 11.7. The Morgan fingerprint density at radius 2 is 1.92 bits per heavy atom. The zero-order chi connectivity index (χ0) is 26.2. The molecule has 0 aliphatic carbocycles. The second kappa shape index (κ2) is 7.94. The first-order valence-corrected chi connectivity index (χ1v) is 11.7. The molecule has 2 aliphatic heterocycles. The number of nitrogens with two attached hydrogens (primary N) is 1. The molecule has 2 aromatic heterocycles. The summed E-state index contributed by atoms with van der Waals surface area (Å²) < 4.78 is 61.3. The Bertz CT molecular complexity index is 1690. The number of piperazine rings is 1. The Hall–Kier alpha value is -4.11. The lowest BCUT2D eigenvalue weighted by atomic mass is 9.93. The summed E-state index contributed by atoms with van der Waals surface area (Å²) in [7, 11) is 1.58. The van der Waals surface area contributed by atoms with E-state index < -0.39 is 28.8 Å². The highest BCUT2D eigenvalue weighted by Gasteiger charge is 2.39. The van der Waals surface area contributed by atoms with Gasteiger partial charge in [-0.3, -0.25) is 0 Å². The molecule has 2 saturated heterocycles. The van der Waals surface area contributed by atoms with Crippen molar-refractivity contribution >= 4 is 33.3 Å². The number of aromatic nitrogens is 3. The average Bonchev–Trinajstić information content (AvgIpc) is 3.35. The summed E-state index contributed by atoms with van der Waals surface area (Å²) in [4.78, 5) is 20.5. The van der Waals surface area contributed by atoms with Crippen LogP contribution in [0.3, 0.4) is 0 Å². The molecule has 2 unspecified atom stereocenters. The van der Waals surface area contributed by atoms with Crippen molar-refractivity contribution < 1.29 is 17.6 Å². The zero-order valence-electron chi connectivity index (χ0n) is 19.6. The lowest BCUT2D eigenvalue weighted by Gasteiger charge is -2.34. The smallest absolute Gasteiger partial charge is 0.398 e. The van der Waals surface area contributed by atoms with Gasteiger partial charge in [0.25, 0.3) is 0 Å². The second-order valence-corrected chi connectivity index (χ2v) is 9.63. The van der Waals surface area contributed by atoms with E-state index in [0.29, 0.717) is 18.6 Å². The summed E-state index contributed by atoms with van der Waals surface area (Å²) in [6.45, 7) is 0.891. The minimum absolute atomic E-state index is 0.0213. The largest absolute Gasteiger partial charge is 0.417 e. The number of nitrogens with zero attached hydrogens (tertiary/aromatic N) is 4. The standard InChI is InChI=1S/C25H21F4N7O/c1-35-10-15(19-14(7-30)17(31)4-5-18(19)35)20-16(25(27,28)29)6-13-22(21(20)26)33-24(37)34-23(13)36-8-11-2-3-12(9-36)32-11/h4-6,10-12,32H,2-3,8-9,31H2,1H3,(H,33,34,37). The number of halogens is 4. The van der Waals surface area contributed by atoms with Gasteiger partial charge in [-0.2, -0.15) is 23.4 Å². The van der Waals surface area contributed by atoms with Gasteiger partial charge in [0, 0.05) is 65.8 Å². The molecule has 2 aliphatic rings. The fourth-order valence-corrected chi connectivity index (χ4v) is 5.75. The second-order valence-electron chi connectivity index (χ2n) is 9.63. The number of hydrogen-bond donors (Lipinski definition) is 3. The van der Waals surface area contributed by atoms with Crippen LogP contribution in [0, 0.1) is 17.1 Å². The van der Waals surface area contributed by atoms with Gasteiger partial charge in [0.1, 0.15) is 11.9 Å². The van der Waals surface area contributed by atoms with Crippen molar-refractivity contribution in [3.05, 3.63) is 51.8 Å². The van der Waals surface area contributed by atoms with Crippen LogP contribution in [-0.4, -0.2) is 39.7 Å². The predicted octanol–water partition coefficient (Wildman–Crippen LogP) is 3.63. The molecule has 0 amide bonds. The number of hydrogen-bond acceptors (Lipinski definition) is 6. The van der Waals surface area contributed by atoms with Crippen molar-refractivity contribution in [2.45, 2.75) is 31.1 Å². The third-order valence-corrected chi connectivity index (χ3v) is 7.34. The lowest BCUT2D eigenvalue weighted by molar-refractivity contribution is -0.137. The van der Waals surface area contributed by atoms with Gasteiger partial charge >= 0.3 is 11.9 Å². The van der Waals surface area contributed by atoms with Crippen LogP contribution in [0.1, 0.15) is 24.0 Å². The monoisotopic (exact) mass is 511 g/mol. The Kier molecular flexibility index (Phi) is 5.00. The van der Waals surface area contributed by atoms with E-state index >= 15 is 4.39 Å². The molecule has 4 heterocycles. The molecule has 37 heavy (non-hydrogen) atoms. The summed E-state index contributed by atoms with van der Waals surface area (Å²) >= 11 is 0. The van der Waals surface area contributed by atoms with Gasteiger partial charge in [0.2, 0.25) is 0 Å². The van der Waals surface area contributed by atoms with Gasteiger partial charge in [0.05, 0.1) is 22.3 Å². The Labute approximate surface area is 207 Å². The number of nitrogen functional groups attached to an aromatic ring is 1. The van der Waals surface area contributed by atoms with Crippen LogP contribution in [0.15, 0.2) is 29.2 Å². The maximum Gasteiger partial charge on any atom is 0.417 e. The Balaban J connectivity index is 1.69. The third-order valence-electron chi connectivity index (χ3n) is 7.34. The van der Waals surface area contributed by atoms with Crippen LogP contribution in [-0.2, 0) is 13.2 Å². The first kappa shape index (κ1) is 23.3. The molecule has 4 N–H and O–H groups in total. The number of rotatable bonds is 2. The zero-order valence-corrected chi connectivity index (χ0v) is 19.6. The number of anilines is 2. The third kappa shape index (κ3) is 3.53. The van der Waals surface area contributed by atoms with E-state index in [2.05, 4.69) is 15.3 Å². The van der Waals surface area contributed by atoms with Gasteiger partial charge in [-0.05, 0) is 31.0 Å². The van der Waals surface area contributed by atoms with E-state index in [1.54, 1.807) is 18.0 Å². The van der Waals surface area contributed by atoms with Gasteiger partial charge in [-0.25, -0.2) is 9.18 Å². The molecule has 12 heteroatoms. The molecule has 0 saturated carbocycles. The topological polar surface area (TPSA) is 116 Å². The van der Waals surface area contributed by atoms with E-state index in [0.717, 1.165) is 18.9 Å². The average molecular weight is 511 g/mol. The van der Waals surface area contributed by atoms with Crippen molar-refractivity contribution in [2.24, 2.45) is 7.05 Å². The molecule has 2 fully saturated rings. The van der Waals surface area contributed by atoms with Crippen LogP contribution in [0.4, 0.5) is 29.1 Å². The van der Waals surface area contributed by atoms with Crippen molar-refractivity contribution in [3.8, 4) is 17.2 Å². The highest BCUT2D eigenvalue weighted by molar-refractivity contribution is 6.05. The summed E-state index contributed by atoms with van der Waals surface area (Å²) in [5, 5.41) is 13.1. The molecule has 190 valence electrons. The normalized spacial score (nSPS) is 19.6. The maximum absolute atomic E-state index is 16.3. The van der Waals surface area contributed by atoms with Gasteiger partial charge in [0.15, 0.2) is 5.82 Å². The van der Waals surface area contributed by atoms with Gasteiger partial charge in [-0.15, -0.1) is 0 Å². The lowest BCUT2D eigenvalue weighted by Crippen LogP contribution is -2.51. The molecule has 6 rings (SSSR count). The van der Waals surface area contributed by atoms with E-state index in [1.807, 2.05) is 6.07 Å². The summed E-state index contributed by atoms with van der Waals surface area (Å²) in [6, 6.07) is 6.04. The van der Waals surface area contributed by atoms with Crippen molar-refractivity contribution in [3.63, 3.8) is 0 Å². The van der Waals surface area contributed by atoms with E-state index in [1.165, 1.54) is 16.8 Å². The summed E-state index contributed by atoms with van der Waals surface area (Å²) in [5.74, 6) is -1.23. The van der Waals surface area contributed by atoms with Crippen LogP contribution in [0.25, 0.3) is 32.9 Å². The van der Waals surface area contributed by atoms with Crippen molar-refractivity contribution in [1.82, 2.24) is 19.9 Å². The Morgan fingerprint density at radius 3 is 2.57 bits per heavy atom. The number of nitrogens with one attached hydrogen (secondary N) is 2. The van der Waals surface area contributed by atoms with E-state index in [-0.39, 0.29) is 51.0 Å². The first-order chi connectivity index (χ1) is 17.6. The maximum atomic E-state index is 16.3. The molecule has 0 spiro atoms. The highest BCUT2D eigenvalue weighted by atomic mass is 19.4. The summed E-state index contributed by atoms with van der Waals surface area (Å²) in [5.41, 5.74) is 2.98. The minimum atomic E-state index is -4.95. The highest BCUT2D eigenvalue weighted by Crippen LogP contribution is 2.46. The number of benzene rings is 2. The predicted molar refractivity (Wildman–Crippen MR) is 131 cm³/mol. The molecular formula is C25H21F4N7O. The number of aryl methyl sites for hydroxylation is 1. The number of alkyl halides is 3. The van der Waals surface area contributed by atoms with Crippen molar-refractivity contribution in [1.29, 1.82) is 5.26 Å². The van der Waals surface area contributed by atoms with Crippen LogP contribution in [0.5, 0.6) is 0 Å². The number of nitriles is 1. The van der Waals surface area contributed by atoms with Crippen LogP contribution < -0.4 is 21.6 Å². The number of H-pyrrole nitrogens is 1. The number of fused-ring (bicyclic) bond motifs is 4. The number of aromatic amines is 1. The van der Waals surface area contributed by atoms with Gasteiger partial charge < -0.3 is 25.5 Å². The van der Waals surface area contributed by atoms with Gasteiger partial charge in [-0.1, -0.05) is 0 Å². The van der Waals surface area contributed by atoms with Crippen LogP contribution in [0.2, 0.25) is 0 Å². The van der Waals surface area contributed by atoms with E-state index in [4.69, 9.17) is 5.73 Å². The van der Waals surface area contributed by atoms with Crippen molar-refractivity contribution in [2.75, 3.05) is 23.7 Å². The molecular weight excluding hydrogens is 490 g/mol. The molecule has 0 radical (unpaired) electrons. The fraction of sp³-hybridized carbons (Fsp3) is 0.320. The van der Waals surface area contributed by atoms with E-state index in [9.17, 15) is 23.2 Å². The quantitative estimate of drug-likeness (QED) is 0.280.